The van der Waals surface area contributed by atoms with Gasteiger partial charge in [-0.2, -0.15) is 0 Å². The molecule has 0 heterocycles. The lowest BCUT2D eigenvalue weighted by atomic mass is 10.1. The summed E-state index contributed by atoms with van der Waals surface area (Å²) in [7, 11) is -3.75. The molecule has 0 amide bonds. The number of hydrogen-bond acceptors (Lipinski definition) is 3. The maximum atomic E-state index is 11.5. The summed E-state index contributed by atoms with van der Waals surface area (Å²) in [5.41, 5.74) is 1.41. The van der Waals surface area contributed by atoms with Crippen LogP contribution in [-0.2, 0) is 16.4 Å². The van der Waals surface area contributed by atoms with E-state index in [9.17, 15) is 8.42 Å². The van der Waals surface area contributed by atoms with E-state index in [4.69, 9.17) is 28.3 Å². The molecule has 0 spiro atoms. The van der Waals surface area contributed by atoms with E-state index < -0.39 is 10.0 Å². The second-order valence-corrected chi connectivity index (χ2v) is 6.83. The van der Waals surface area contributed by atoms with Gasteiger partial charge in [-0.3, -0.25) is 0 Å². The predicted molar refractivity (Wildman–Crippen MR) is 86.5 cm³/mol. The molecule has 2 aromatic carbocycles. The van der Waals surface area contributed by atoms with Crippen LogP contribution in [-0.4, -0.2) is 15.0 Å². The number of benzene rings is 2. The van der Waals surface area contributed by atoms with E-state index in [0.29, 0.717) is 28.7 Å². The van der Waals surface area contributed by atoms with Gasteiger partial charge in [0.05, 0.1) is 5.69 Å². The van der Waals surface area contributed by atoms with Crippen LogP contribution in [0.5, 0.6) is 0 Å². The summed E-state index contributed by atoms with van der Waals surface area (Å²) in [4.78, 5) is 0.0761. The van der Waals surface area contributed by atoms with Crippen LogP contribution in [0.4, 0.5) is 5.69 Å². The fourth-order valence-corrected chi connectivity index (χ4v) is 3.14. The van der Waals surface area contributed by atoms with E-state index in [1.54, 1.807) is 30.3 Å². The van der Waals surface area contributed by atoms with E-state index in [-0.39, 0.29) is 4.90 Å². The first-order chi connectivity index (χ1) is 9.88. The van der Waals surface area contributed by atoms with Gasteiger partial charge in [-0.15, -0.1) is 0 Å². The van der Waals surface area contributed by atoms with Gasteiger partial charge >= 0.3 is 0 Å². The largest absolute Gasteiger partial charge is 0.384 e. The first-order valence-corrected chi connectivity index (χ1v) is 8.48. The molecular formula is C14H14Cl2N2O2S. The normalized spacial score (nSPS) is 11.4. The molecule has 0 aliphatic rings. The quantitative estimate of drug-likeness (QED) is 0.873. The number of rotatable bonds is 5. The maximum Gasteiger partial charge on any atom is 0.240 e. The topological polar surface area (TPSA) is 72.2 Å². The fraction of sp³-hybridized carbons (Fsp3) is 0.143. The summed E-state index contributed by atoms with van der Waals surface area (Å²) in [5, 5.41) is 9.40. The van der Waals surface area contributed by atoms with Crippen molar-refractivity contribution in [2.24, 2.45) is 5.14 Å². The van der Waals surface area contributed by atoms with Gasteiger partial charge in [-0.1, -0.05) is 41.4 Å². The Balaban J connectivity index is 2.08. The molecule has 0 fully saturated rings. The molecule has 0 aliphatic heterocycles. The van der Waals surface area contributed by atoms with Crippen molar-refractivity contribution in [3.63, 3.8) is 0 Å². The van der Waals surface area contributed by atoms with Crippen LogP contribution in [0, 0.1) is 0 Å². The van der Waals surface area contributed by atoms with Crippen LogP contribution >= 0.6 is 23.2 Å². The highest BCUT2D eigenvalue weighted by Crippen LogP contribution is 2.22. The standard InChI is InChI=1S/C14H14Cl2N2O2S/c15-11-6-5-10(12(16)9-11)7-8-18-13-3-1-2-4-14(13)21(17,19)20/h1-6,9,18H,7-8H2,(H2,17,19,20). The Morgan fingerprint density at radius 2 is 1.81 bits per heavy atom. The van der Waals surface area contributed by atoms with Crippen molar-refractivity contribution in [2.45, 2.75) is 11.3 Å². The first kappa shape index (κ1) is 16.1. The number of para-hydroxylation sites is 1. The number of halogens is 2. The van der Waals surface area contributed by atoms with Crippen molar-refractivity contribution in [2.75, 3.05) is 11.9 Å². The zero-order chi connectivity index (χ0) is 15.5. The minimum Gasteiger partial charge on any atom is -0.384 e. The summed E-state index contributed by atoms with van der Waals surface area (Å²) >= 11 is 11.9. The van der Waals surface area contributed by atoms with Gasteiger partial charge < -0.3 is 5.32 Å². The molecule has 0 saturated heterocycles. The van der Waals surface area contributed by atoms with Gasteiger partial charge in [0.25, 0.3) is 0 Å². The molecule has 0 aromatic heterocycles. The molecule has 0 saturated carbocycles. The van der Waals surface area contributed by atoms with Crippen molar-refractivity contribution in [1.82, 2.24) is 0 Å². The number of anilines is 1. The third kappa shape index (κ3) is 4.35. The number of nitrogens with two attached hydrogens (primary N) is 1. The highest BCUT2D eigenvalue weighted by molar-refractivity contribution is 7.89. The monoisotopic (exact) mass is 344 g/mol. The molecule has 0 atom stereocenters. The van der Waals surface area contributed by atoms with E-state index in [2.05, 4.69) is 5.32 Å². The average Bonchev–Trinajstić information content (AvgIpc) is 2.41. The third-order valence-corrected chi connectivity index (χ3v) is 4.47. The molecule has 0 aliphatic carbocycles. The second kappa shape index (κ2) is 6.66. The van der Waals surface area contributed by atoms with Crippen LogP contribution in [0.3, 0.4) is 0 Å². The van der Waals surface area contributed by atoms with Crippen molar-refractivity contribution >= 4 is 38.9 Å². The molecule has 21 heavy (non-hydrogen) atoms. The Morgan fingerprint density at radius 3 is 2.48 bits per heavy atom. The molecule has 3 N–H and O–H groups in total. The van der Waals surface area contributed by atoms with Crippen LogP contribution in [0.2, 0.25) is 10.0 Å². The van der Waals surface area contributed by atoms with Crippen LogP contribution in [0.15, 0.2) is 47.4 Å². The summed E-state index contributed by atoms with van der Waals surface area (Å²) < 4.78 is 23.0. The number of primary sulfonamides is 1. The molecule has 0 bridgehead atoms. The Labute approximate surface area is 133 Å². The van der Waals surface area contributed by atoms with Crippen molar-refractivity contribution < 1.29 is 8.42 Å². The van der Waals surface area contributed by atoms with E-state index in [0.717, 1.165) is 5.56 Å². The van der Waals surface area contributed by atoms with Gasteiger partial charge in [0.1, 0.15) is 4.90 Å². The lowest BCUT2D eigenvalue weighted by Gasteiger charge is -2.11. The number of nitrogens with one attached hydrogen (secondary N) is 1. The Kier molecular flexibility index (Phi) is 5.11. The van der Waals surface area contributed by atoms with Crippen molar-refractivity contribution in [3.05, 3.63) is 58.1 Å². The second-order valence-electron chi connectivity index (χ2n) is 4.45. The average molecular weight is 345 g/mol. The van der Waals surface area contributed by atoms with Crippen LogP contribution in [0.25, 0.3) is 0 Å². The summed E-state index contributed by atoms with van der Waals surface area (Å²) in [6, 6.07) is 11.8. The molecule has 7 heteroatoms. The molecule has 2 aromatic rings. The van der Waals surface area contributed by atoms with Gasteiger partial charge in [0.15, 0.2) is 0 Å². The van der Waals surface area contributed by atoms with E-state index in [1.807, 2.05) is 6.07 Å². The van der Waals surface area contributed by atoms with Crippen LogP contribution in [0.1, 0.15) is 5.56 Å². The zero-order valence-corrected chi connectivity index (χ0v) is 13.3. The molecule has 0 radical (unpaired) electrons. The van der Waals surface area contributed by atoms with E-state index in [1.165, 1.54) is 6.07 Å². The summed E-state index contributed by atoms with van der Waals surface area (Å²) in [6.07, 6.45) is 0.634. The maximum absolute atomic E-state index is 11.5. The SMILES string of the molecule is NS(=O)(=O)c1ccccc1NCCc1ccc(Cl)cc1Cl. The molecular weight excluding hydrogens is 331 g/mol. The van der Waals surface area contributed by atoms with Gasteiger partial charge in [0, 0.05) is 16.6 Å². The minimum absolute atomic E-state index is 0.0761. The van der Waals surface area contributed by atoms with Crippen molar-refractivity contribution in [1.29, 1.82) is 0 Å². The van der Waals surface area contributed by atoms with E-state index >= 15 is 0 Å². The third-order valence-electron chi connectivity index (χ3n) is 2.92. The Bertz CT molecular complexity index is 748. The molecule has 4 nitrogen and oxygen atoms in total. The number of hydrogen-bond donors (Lipinski definition) is 2. The lowest BCUT2D eigenvalue weighted by Crippen LogP contribution is -2.16. The minimum atomic E-state index is -3.75. The predicted octanol–water partition coefficient (Wildman–Crippen LogP) is 3.30. The first-order valence-electron chi connectivity index (χ1n) is 6.17. The molecule has 2 rings (SSSR count). The fourth-order valence-electron chi connectivity index (χ4n) is 1.92. The molecule has 112 valence electrons. The summed E-state index contributed by atoms with van der Waals surface area (Å²) in [5.74, 6) is 0. The van der Waals surface area contributed by atoms with Gasteiger partial charge in [-0.25, -0.2) is 13.6 Å². The lowest BCUT2D eigenvalue weighted by molar-refractivity contribution is 0.598. The Morgan fingerprint density at radius 1 is 1.10 bits per heavy atom. The number of sulfonamides is 1. The highest BCUT2D eigenvalue weighted by Gasteiger charge is 2.12. The highest BCUT2D eigenvalue weighted by atomic mass is 35.5. The Hall–Kier alpha value is -1.27. The smallest absolute Gasteiger partial charge is 0.240 e. The zero-order valence-electron chi connectivity index (χ0n) is 11.0. The molecule has 0 unspecified atom stereocenters. The van der Waals surface area contributed by atoms with Crippen molar-refractivity contribution in [3.8, 4) is 0 Å². The van der Waals surface area contributed by atoms with Crippen LogP contribution < -0.4 is 10.5 Å². The van der Waals surface area contributed by atoms with Gasteiger partial charge in [0.2, 0.25) is 10.0 Å². The summed E-state index contributed by atoms with van der Waals surface area (Å²) in [6.45, 7) is 0.522. The van der Waals surface area contributed by atoms with Gasteiger partial charge in [-0.05, 0) is 36.2 Å².